The Labute approximate surface area is 133 Å². The van der Waals surface area contributed by atoms with E-state index in [2.05, 4.69) is 0 Å². The maximum atomic E-state index is 12.8. The molecule has 6 nitrogen and oxygen atoms in total. The molecule has 2 aromatic rings. The number of carbonyl (C=O) groups excluding carboxylic acids is 1. The summed E-state index contributed by atoms with van der Waals surface area (Å²) < 4.78 is 10.6. The summed E-state index contributed by atoms with van der Waals surface area (Å²) in [5.41, 5.74) is 0.478. The lowest BCUT2D eigenvalue weighted by Crippen LogP contribution is -2.30. The molecule has 0 aliphatic carbocycles. The quantitative estimate of drug-likeness (QED) is 0.917. The average Bonchev–Trinajstić information content (AvgIpc) is 3.23. The Morgan fingerprint density at radius 2 is 2.17 bits per heavy atom. The van der Waals surface area contributed by atoms with Crippen molar-refractivity contribution >= 4 is 11.9 Å². The molecule has 0 radical (unpaired) electrons. The summed E-state index contributed by atoms with van der Waals surface area (Å²) in [6.45, 7) is 0.237. The van der Waals surface area contributed by atoms with Crippen molar-refractivity contribution in [2.24, 2.45) is 0 Å². The van der Waals surface area contributed by atoms with Crippen LogP contribution in [0, 0.1) is 0 Å². The van der Waals surface area contributed by atoms with Gasteiger partial charge in [0.1, 0.15) is 11.5 Å². The second-order valence-corrected chi connectivity index (χ2v) is 5.38. The lowest BCUT2D eigenvalue weighted by atomic mass is 10.1. The number of carbonyl (C=O) groups is 2. The molecule has 1 fully saturated rings. The molecule has 0 saturated carbocycles. The third-order valence-corrected chi connectivity index (χ3v) is 3.83. The van der Waals surface area contributed by atoms with E-state index in [0.717, 1.165) is 18.6 Å². The second-order valence-electron chi connectivity index (χ2n) is 5.38. The summed E-state index contributed by atoms with van der Waals surface area (Å²) in [7, 11) is 0. The van der Waals surface area contributed by atoms with Crippen LogP contribution in [0.3, 0.4) is 0 Å². The molecule has 6 heteroatoms. The van der Waals surface area contributed by atoms with Crippen molar-refractivity contribution in [3.8, 4) is 5.75 Å². The van der Waals surface area contributed by atoms with Crippen molar-refractivity contribution in [1.82, 2.24) is 4.90 Å². The molecule has 3 rings (SSSR count). The molecule has 1 aromatic carbocycles. The lowest BCUT2D eigenvalue weighted by Gasteiger charge is -2.23. The highest BCUT2D eigenvalue weighted by Gasteiger charge is 2.32. The van der Waals surface area contributed by atoms with Crippen molar-refractivity contribution in [3.63, 3.8) is 0 Å². The van der Waals surface area contributed by atoms with Crippen LogP contribution >= 0.6 is 0 Å². The summed E-state index contributed by atoms with van der Waals surface area (Å²) in [6, 6.07) is 10.2. The van der Waals surface area contributed by atoms with Crippen molar-refractivity contribution in [2.75, 3.05) is 13.2 Å². The minimum absolute atomic E-state index is 0.0545. The van der Waals surface area contributed by atoms with Crippen molar-refractivity contribution < 1.29 is 23.8 Å². The van der Waals surface area contributed by atoms with E-state index in [1.165, 1.54) is 0 Å². The molecule has 0 bridgehead atoms. The van der Waals surface area contributed by atoms with Crippen LogP contribution in [0.1, 0.15) is 35.0 Å². The second kappa shape index (κ2) is 6.56. The first-order chi connectivity index (χ1) is 11.1. The average molecular weight is 315 g/mol. The highest BCUT2D eigenvalue weighted by atomic mass is 16.5. The summed E-state index contributed by atoms with van der Waals surface area (Å²) in [6.07, 6.45) is 3.40. The predicted octanol–water partition coefficient (Wildman–Crippen LogP) is 2.72. The van der Waals surface area contributed by atoms with Gasteiger partial charge < -0.3 is 19.2 Å². The lowest BCUT2D eigenvalue weighted by molar-refractivity contribution is -0.139. The molecule has 1 aliphatic heterocycles. The highest BCUT2D eigenvalue weighted by Crippen LogP contribution is 2.33. The largest absolute Gasteiger partial charge is 0.482 e. The number of nitrogens with zero attached hydrogens (tertiary/aromatic N) is 1. The van der Waals surface area contributed by atoms with Crippen LogP contribution in [0.5, 0.6) is 5.75 Å². The van der Waals surface area contributed by atoms with E-state index in [9.17, 15) is 9.59 Å². The monoisotopic (exact) mass is 315 g/mol. The number of hydrogen-bond donors (Lipinski definition) is 1. The molecule has 1 saturated heterocycles. The Morgan fingerprint density at radius 3 is 2.91 bits per heavy atom. The van der Waals surface area contributed by atoms with Gasteiger partial charge >= 0.3 is 5.97 Å². The van der Waals surface area contributed by atoms with Gasteiger partial charge in [-0.25, -0.2) is 4.79 Å². The van der Waals surface area contributed by atoms with Gasteiger partial charge in [-0.15, -0.1) is 0 Å². The van der Waals surface area contributed by atoms with Gasteiger partial charge in [0.2, 0.25) is 0 Å². The van der Waals surface area contributed by atoms with E-state index in [-0.39, 0.29) is 11.9 Å². The minimum Gasteiger partial charge on any atom is -0.482 e. The number of carboxylic acid groups (broad SMARTS) is 1. The Morgan fingerprint density at radius 1 is 1.30 bits per heavy atom. The van der Waals surface area contributed by atoms with Gasteiger partial charge in [0, 0.05) is 12.1 Å². The molecule has 1 amide bonds. The summed E-state index contributed by atoms with van der Waals surface area (Å²) in [5.74, 6) is -0.00930. The summed E-state index contributed by atoms with van der Waals surface area (Å²) >= 11 is 0. The van der Waals surface area contributed by atoms with Gasteiger partial charge in [0.05, 0.1) is 12.3 Å². The van der Waals surface area contributed by atoms with Gasteiger partial charge in [-0.2, -0.15) is 0 Å². The first kappa shape index (κ1) is 15.1. The molecule has 1 unspecified atom stereocenters. The fourth-order valence-electron chi connectivity index (χ4n) is 2.82. The van der Waals surface area contributed by atoms with Crippen LogP contribution in [-0.4, -0.2) is 35.0 Å². The van der Waals surface area contributed by atoms with Crippen LogP contribution < -0.4 is 4.74 Å². The maximum Gasteiger partial charge on any atom is 0.341 e. The zero-order chi connectivity index (χ0) is 16.2. The summed E-state index contributed by atoms with van der Waals surface area (Å²) in [4.78, 5) is 25.1. The molecule has 1 aromatic heterocycles. The van der Waals surface area contributed by atoms with E-state index >= 15 is 0 Å². The van der Waals surface area contributed by atoms with Crippen LogP contribution in [-0.2, 0) is 4.79 Å². The maximum absolute atomic E-state index is 12.8. The number of aliphatic carboxylic acids is 1. The van der Waals surface area contributed by atoms with E-state index in [4.69, 9.17) is 14.3 Å². The number of likely N-dealkylation sites (tertiary alicyclic amines) is 1. The SMILES string of the molecule is O=C(O)COc1cccc(C(=O)N2CCCC2c2ccco2)c1. The topological polar surface area (TPSA) is 80.0 Å². The van der Waals surface area contributed by atoms with Crippen LogP contribution in [0.15, 0.2) is 47.1 Å². The number of ether oxygens (including phenoxy) is 1. The minimum atomic E-state index is -1.06. The number of rotatable bonds is 5. The molecular formula is C17H17NO5. The smallest absolute Gasteiger partial charge is 0.341 e. The number of carboxylic acids is 1. The Hall–Kier alpha value is -2.76. The standard InChI is InChI=1S/C17H17NO5/c19-16(20)11-23-13-5-1-4-12(10-13)17(21)18-8-2-6-14(18)15-7-3-9-22-15/h1,3-5,7,9-10,14H,2,6,8,11H2,(H,19,20). The number of benzene rings is 1. The summed E-state index contributed by atoms with van der Waals surface area (Å²) in [5, 5.41) is 8.66. The number of amides is 1. The Kier molecular flexibility index (Phi) is 4.32. The Balaban J connectivity index is 1.77. The first-order valence-electron chi connectivity index (χ1n) is 7.44. The van der Waals surface area contributed by atoms with Gasteiger partial charge in [-0.1, -0.05) is 6.07 Å². The fraction of sp³-hybridized carbons (Fsp3) is 0.294. The van der Waals surface area contributed by atoms with Crippen molar-refractivity contribution in [2.45, 2.75) is 18.9 Å². The number of furan rings is 1. The molecule has 1 N–H and O–H groups in total. The van der Waals surface area contributed by atoms with Crippen LogP contribution in [0.25, 0.3) is 0 Å². The third kappa shape index (κ3) is 3.36. The first-order valence-corrected chi connectivity index (χ1v) is 7.44. The normalized spacial score (nSPS) is 17.2. The van der Waals surface area contributed by atoms with E-state index in [1.807, 2.05) is 12.1 Å². The zero-order valence-electron chi connectivity index (χ0n) is 12.5. The third-order valence-electron chi connectivity index (χ3n) is 3.83. The van der Waals surface area contributed by atoms with Gasteiger partial charge in [-0.3, -0.25) is 4.79 Å². The molecule has 120 valence electrons. The van der Waals surface area contributed by atoms with Gasteiger partial charge in [0.25, 0.3) is 5.91 Å². The van der Waals surface area contributed by atoms with Crippen molar-refractivity contribution in [3.05, 3.63) is 54.0 Å². The van der Waals surface area contributed by atoms with Crippen LogP contribution in [0.4, 0.5) is 0 Å². The van der Waals surface area contributed by atoms with Crippen LogP contribution in [0.2, 0.25) is 0 Å². The molecule has 2 heterocycles. The molecule has 1 atom stereocenters. The molecule has 23 heavy (non-hydrogen) atoms. The fourth-order valence-corrected chi connectivity index (χ4v) is 2.82. The number of hydrogen-bond acceptors (Lipinski definition) is 4. The molecular weight excluding hydrogens is 298 g/mol. The van der Waals surface area contributed by atoms with Gasteiger partial charge in [0.15, 0.2) is 6.61 Å². The zero-order valence-corrected chi connectivity index (χ0v) is 12.5. The molecule has 1 aliphatic rings. The van der Waals surface area contributed by atoms with Crippen molar-refractivity contribution in [1.29, 1.82) is 0 Å². The van der Waals surface area contributed by atoms with E-state index in [0.29, 0.717) is 17.9 Å². The van der Waals surface area contributed by atoms with Gasteiger partial charge in [-0.05, 0) is 43.2 Å². The Bertz CT molecular complexity index is 695. The predicted molar refractivity (Wildman–Crippen MR) is 81.3 cm³/mol. The highest BCUT2D eigenvalue weighted by molar-refractivity contribution is 5.95. The van der Waals surface area contributed by atoms with E-state index < -0.39 is 12.6 Å². The molecule has 0 spiro atoms. The van der Waals surface area contributed by atoms with E-state index in [1.54, 1.807) is 35.4 Å².